The summed E-state index contributed by atoms with van der Waals surface area (Å²) in [6, 6.07) is 11.7. The van der Waals surface area contributed by atoms with Crippen LogP contribution in [0.15, 0.2) is 61.2 Å². The highest BCUT2D eigenvalue weighted by atomic mass is 16.1. The van der Waals surface area contributed by atoms with E-state index in [-0.39, 0.29) is 5.91 Å². The van der Waals surface area contributed by atoms with Gasteiger partial charge in [-0.1, -0.05) is 18.2 Å². The highest BCUT2D eigenvalue weighted by molar-refractivity contribution is 5.75. The molecule has 0 saturated carbocycles. The van der Waals surface area contributed by atoms with E-state index in [0.29, 0.717) is 19.5 Å². The van der Waals surface area contributed by atoms with Crippen LogP contribution in [0.2, 0.25) is 0 Å². The van der Waals surface area contributed by atoms with Crippen molar-refractivity contribution in [3.05, 3.63) is 66.7 Å². The summed E-state index contributed by atoms with van der Waals surface area (Å²) in [5.41, 5.74) is 1.97. The molecule has 6 nitrogen and oxygen atoms in total. The molecular weight excluding hydrogens is 278 g/mol. The fourth-order valence-corrected chi connectivity index (χ4v) is 2.11. The van der Waals surface area contributed by atoms with Crippen LogP contribution >= 0.6 is 0 Å². The van der Waals surface area contributed by atoms with Crippen molar-refractivity contribution in [3.8, 4) is 5.69 Å². The average Bonchev–Trinajstić information content (AvgIpc) is 3.23. The number of para-hydroxylation sites is 1. The Balaban J connectivity index is 1.49. The van der Waals surface area contributed by atoms with E-state index >= 15 is 0 Å². The monoisotopic (exact) mass is 295 g/mol. The SMILES string of the molecule is O=C(CCn1cccn1)NCc1cnn(-c2ccccc2)c1. The molecule has 112 valence electrons. The maximum absolute atomic E-state index is 11.8. The molecule has 22 heavy (non-hydrogen) atoms. The third-order valence-electron chi connectivity index (χ3n) is 3.27. The summed E-state index contributed by atoms with van der Waals surface area (Å²) in [5, 5.41) is 11.3. The van der Waals surface area contributed by atoms with Crippen LogP contribution in [-0.2, 0) is 17.9 Å². The number of benzene rings is 1. The molecule has 0 aliphatic heterocycles. The van der Waals surface area contributed by atoms with Crippen molar-refractivity contribution in [2.24, 2.45) is 0 Å². The molecule has 1 aromatic carbocycles. The Morgan fingerprint density at radius 1 is 1.14 bits per heavy atom. The Morgan fingerprint density at radius 2 is 2.00 bits per heavy atom. The zero-order valence-corrected chi connectivity index (χ0v) is 12.1. The molecule has 2 aromatic heterocycles. The van der Waals surface area contributed by atoms with Gasteiger partial charge in [-0.25, -0.2) is 4.68 Å². The average molecular weight is 295 g/mol. The standard InChI is InChI=1S/C16H17N5O/c22-16(7-10-20-9-4-8-18-20)17-11-14-12-19-21(13-14)15-5-2-1-3-6-15/h1-6,8-9,12-13H,7,10-11H2,(H,17,22). The first-order valence-corrected chi connectivity index (χ1v) is 7.14. The smallest absolute Gasteiger partial charge is 0.222 e. The molecular formula is C16H17N5O. The Morgan fingerprint density at radius 3 is 2.77 bits per heavy atom. The number of amides is 1. The van der Waals surface area contributed by atoms with E-state index in [4.69, 9.17) is 0 Å². The van der Waals surface area contributed by atoms with Crippen LogP contribution in [0.1, 0.15) is 12.0 Å². The molecule has 0 unspecified atom stereocenters. The first kappa shape index (κ1) is 14.1. The van der Waals surface area contributed by atoms with Gasteiger partial charge < -0.3 is 5.32 Å². The van der Waals surface area contributed by atoms with Crippen molar-refractivity contribution in [2.45, 2.75) is 19.5 Å². The summed E-state index contributed by atoms with van der Waals surface area (Å²) < 4.78 is 3.54. The molecule has 0 aliphatic carbocycles. The van der Waals surface area contributed by atoms with E-state index in [1.165, 1.54) is 0 Å². The van der Waals surface area contributed by atoms with Gasteiger partial charge in [0, 0.05) is 43.7 Å². The first-order chi connectivity index (χ1) is 10.8. The number of rotatable bonds is 6. The van der Waals surface area contributed by atoms with Crippen LogP contribution in [0.3, 0.4) is 0 Å². The molecule has 1 N–H and O–H groups in total. The van der Waals surface area contributed by atoms with Crippen LogP contribution in [0.4, 0.5) is 0 Å². The Labute approximate surface area is 128 Å². The van der Waals surface area contributed by atoms with E-state index in [1.807, 2.05) is 48.8 Å². The van der Waals surface area contributed by atoms with E-state index in [1.54, 1.807) is 21.8 Å². The minimum absolute atomic E-state index is 0.00274. The number of aryl methyl sites for hydroxylation is 1. The van der Waals surface area contributed by atoms with Crippen molar-refractivity contribution in [1.29, 1.82) is 0 Å². The maximum atomic E-state index is 11.8. The topological polar surface area (TPSA) is 64.7 Å². The van der Waals surface area contributed by atoms with Gasteiger partial charge in [-0.15, -0.1) is 0 Å². The number of carbonyl (C=O) groups is 1. The van der Waals surface area contributed by atoms with Gasteiger partial charge in [-0.05, 0) is 18.2 Å². The van der Waals surface area contributed by atoms with Gasteiger partial charge in [0.05, 0.1) is 11.9 Å². The zero-order chi connectivity index (χ0) is 15.2. The summed E-state index contributed by atoms with van der Waals surface area (Å²) in [6.07, 6.45) is 7.64. The largest absolute Gasteiger partial charge is 0.352 e. The van der Waals surface area contributed by atoms with Gasteiger partial charge in [-0.3, -0.25) is 9.48 Å². The molecule has 0 spiro atoms. The lowest BCUT2D eigenvalue weighted by molar-refractivity contribution is -0.121. The lowest BCUT2D eigenvalue weighted by Gasteiger charge is -2.04. The van der Waals surface area contributed by atoms with Crippen LogP contribution in [0, 0.1) is 0 Å². The molecule has 0 atom stereocenters. The number of nitrogens with one attached hydrogen (secondary N) is 1. The van der Waals surface area contributed by atoms with E-state index in [0.717, 1.165) is 11.3 Å². The summed E-state index contributed by atoms with van der Waals surface area (Å²) in [7, 11) is 0. The summed E-state index contributed by atoms with van der Waals surface area (Å²) in [6.45, 7) is 1.06. The van der Waals surface area contributed by atoms with Crippen molar-refractivity contribution in [3.63, 3.8) is 0 Å². The second-order valence-electron chi connectivity index (χ2n) is 4.92. The molecule has 0 aliphatic rings. The Bertz CT molecular complexity index is 718. The zero-order valence-electron chi connectivity index (χ0n) is 12.1. The van der Waals surface area contributed by atoms with Crippen molar-refractivity contribution < 1.29 is 4.79 Å². The predicted octanol–water partition coefficient (Wildman–Crippen LogP) is 1.78. The molecule has 6 heteroatoms. The highest BCUT2D eigenvalue weighted by Gasteiger charge is 2.04. The van der Waals surface area contributed by atoms with Gasteiger partial charge in [0.1, 0.15) is 0 Å². The number of hydrogen-bond donors (Lipinski definition) is 1. The minimum atomic E-state index is 0.00274. The minimum Gasteiger partial charge on any atom is -0.352 e. The van der Waals surface area contributed by atoms with E-state index < -0.39 is 0 Å². The van der Waals surface area contributed by atoms with Gasteiger partial charge in [0.15, 0.2) is 0 Å². The highest BCUT2D eigenvalue weighted by Crippen LogP contribution is 2.07. The second kappa shape index (κ2) is 6.71. The Hall–Kier alpha value is -2.89. The van der Waals surface area contributed by atoms with Crippen molar-refractivity contribution in [2.75, 3.05) is 0 Å². The lowest BCUT2D eigenvalue weighted by Crippen LogP contribution is -2.23. The van der Waals surface area contributed by atoms with Gasteiger partial charge >= 0.3 is 0 Å². The molecule has 3 aromatic rings. The summed E-state index contributed by atoms with van der Waals surface area (Å²) in [5.74, 6) is 0.00274. The number of aromatic nitrogens is 4. The van der Waals surface area contributed by atoms with Crippen LogP contribution in [0.25, 0.3) is 5.69 Å². The third-order valence-corrected chi connectivity index (χ3v) is 3.27. The fraction of sp³-hybridized carbons (Fsp3) is 0.188. The molecule has 0 fully saturated rings. The van der Waals surface area contributed by atoms with Gasteiger partial charge in [-0.2, -0.15) is 10.2 Å². The predicted molar refractivity (Wildman–Crippen MR) is 82.3 cm³/mol. The summed E-state index contributed by atoms with van der Waals surface area (Å²) in [4.78, 5) is 11.8. The molecule has 1 amide bonds. The maximum Gasteiger partial charge on any atom is 0.222 e. The van der Waals surface area contributed by atoms with Gasteiger partial charge in [0.25, 0.3) is 0 Å². The fourth-order valence-electron chi connectivity index (χ4n) is 2.11. The normalized spacial score (nSPS) is 10.5. The quantitative estimate of drug-likeness (QED) is 0.754. The molecule has 0 radical (unpaired) electrons. The molecule has 0 bridgehead atoms. The van der Waals surface area contributed by atoms with Gasteiger partial charge in [0.2, 0.25) is 5.91 Å². The molecule has 2 heterocycles. The number of carbonyl (C=O) groups excluding carboxylic acids is 1. The van der Waals surface area contributed by atoms with Crippen molar-refractivity contribution >= 4 is 5.91 Å². The number of hydrogen-bond acceptors (Lipinski definition) is 3. The third kappa shape index (κ3) is 3.60. The molecule has 0 saturated heterocycles. The first-order valence-electron chi connectivity index (χ1n) is 7.14. The van der Waals surface area contributed by atoms with E-state index in [2.05, 4.69) is 15.5 Å². The molecule has 3 rings (SSSR count). The summed E-state index contributed by atoms with van der Waals surface area (Å²) >= 11 is 0. The second-order valence-corrected chi connectivity index (χ2v) is 4.92. The Kier molecular flexibility index (Phi) is 4.29. The van der Waals surface area contributed by atoms with Crippen molar-refractivity contribution in [1.82, 2.24) is 24.9 Å². The number of nitrogens with zero attached hydrogens (tertiary/aromatic N) is 4. The van der Waals surface area contributed by atoms with Crippen LogP contribution in [0.5, 0.6) is 0 Å². The van der Waals surface area contributed by atoms with Crippen LogP contribution in [-0.4, -0.2) is 25.5 Å². The lowest BCUT2D eigenvalue weighted by atomic mass is 10.3. The van der Waals surface area contributed by atoms with E-state index in [9.17, 15) is 4.79 Å². The van der Waals surface area contributed by atoms with Crippen LogP contribution < -0.4 is 5.32 Å².